The molecule has 0 bridgehead atoms. The van der Waals surface area contributed by atoms with Gasteiger partial charge < -0.3 is 9.47 Å². The molecule has 1 aromatic rings. The molecule has 5 nitrogen and oxygen atoms in total. The van der Waals surface area contributed by atoms with Crippen LogP contribution in [0.25, 0.3) is 0 Å². The highest BCUT2D eigenvalue weighted by molar-refractivity contribution is 5.66. The van der Waals surface area contributed by atoms with Gasteiger partial charge in [0.05, 0.1) is 7.11 Å². The summed E-state index contributed by atoms with van der Waals surface area (Å²) in [6.07, 6.45) is 0.477. The molecule has 0 aliphatic rings. The Kier molecular flexibility index (Phi) is 5.58. The summed E-state index contributed by atoms with van der Waals surface area (Å²) in [5.74, 6) is 0.747. The third kappa shape index (κ3) is 5.32. The molecule has 0 aromatic heterocycles. The summed E-state index contributed by atoms with van der Waals surface area (Å²) in [6, 6.07) is 7.29. The number of benzene rings is 1. The third-order valence-electron chi connectivity index (χ3n) is 2.33. The van der Waals surface area contributed by atoms with Crippen LogP contribution in [0.15, 0.2) is 36.9 Å². The molecule has 1 atom stereocenters. The van der Waals surface area contributed by atoms with Gasteiger partial charge in [-0.1, -0.05) is 18.2 Å². The van der Waals surface area contributed by atoms with E-state index in [1.54, 1.807) is 34.0 Å². The van der Waals surface area contributed by atoms with Crippen molar-refractivity contribution in [3.8, 4) is 5.75 Å². The van der Waals surface area contributed by atoms with Gasteiger partial charge in [0, 0.05) is 0 Å². The molecule has 0 saturated heterocycles. The Balaban J connectivity index is 2.58. The highest BCUT2D eigenvalue weighted by atomic mass is 16.7. The lowest BCUT2D eigenvalue weighted by atomic mass is 10.1. The van der Waals surface area contributed by atoms with E-state index in [2.05, 4.69) is 12.1 Å². The van der Waals surface area contributed by atoms with Crippen molar-refractivity contribution in [2.45, 2.75) is 32.5 Å². The zero-order valence-corrected chi connectivity index (χ0v) is 12.3. The molecule has 0 fully saturated rings. The minimum absolute atomic E-state index is 0.464. The summed E-state index contributed by atoms with van der Waals surface area (Å²) in [7, 11) is 1.60. The van der Waals surface area contributed by atoms with Crippen LogP contribution in [0.5, 0.6) is 5.75 Å². The number of rotatable bonds is 5. The van der Waals surface area contributed by atoms with Gasteiger partial charge in [0.25, 0.3) is 0 Å². The molecule has 0 saturated carbocycles. The fourth-order valence-electron chi connectivity index (χ4n) is 1.46. The largest absolute Gasteiger partial charge is 0.497 e. The van der Waals surface area contributed by atoms with Crippen LogP contribution in [-0.2, 0) is 9.57 Å². The average molecular weight is 279 g/mol. The van der Waals surface area contributed by atoms with E-state index in [0.29, 0.717) is 0 Å². The number of hydrogen-bond acceptors (Lipinski definition) is 4. The Labute approximate surface area is 119 Å². The molecule has 1 amide bonds. The number of carbonyl (C=O) groups excluding carboxylic acids is 1. The number of carbonyl (C=O) groups is 1. The van der Waals surface area contributed by atoms with Crippen molar-refractivity contribution in [3.05, 3.63) is 42.5 Å². The van der Waals surface area contributed by atoms with Gasteiger partial charge in [0.2, 0.25) is 0 Å². The van der Waals surface area contributed by atoms with Crippen LogP contribution in [0.3, 0.4) is 0 Å². The van der Waals surface area contributed by atoms with Gasteiger partial charge >= 0.3 is 6.09 Å². The lowest BCUT2D eigenvalue weighted by molar-refractivity contribution is -0.0280. The van der Waals surface area contributed by atoms with E-state index in [0.717, 1.165) is 11.3 Å². The first-order valence-corrected chi connectivity index (χ1v) is 6.27. The maximum Gasteiger partial charge on any atom is 0.431 e. The minimum atomic E-state index is -0.641. The van der Waals surface area contributed by atoms with E-state index in [1.165, 1.54) is 0 Å². The Hall–Kier alpha value is -2.01. The zero-order valence-electron chi connectivity index (χ0n) is 12.3. The molecule has 1 N–H and O–H groups in total. The highest BCUT2D eigenvalue weighted by Crippen LogP contribution is 2.20. The molecule has 1 aromatic carbocycles. The molecule has 0 spiro atoms. The topological polar surface area (TPSA) is 56.8 Å². The van der Waals surface area contributed by atoms with Gasteiger partial charge in [-0.3, -0.25) is 4.84 Å². The van der Waals surface area contributed by atoms with E-state index in [1.807, 2.05) is 24.3 Å². The van der Waals surface area contributed by atoms with Crippen molar-refractivity contribution in [2.75, 3.05) is 7.11 Å². The number of hydrogen-bond donors (Lipinski definition) is 1. The van der Waals surface area contributed by atoms with E-state index in [4.69, 9.17) is 14.3 Å². The molecule has 0 aliphatic carbocycles. The van der Waals surface area contributed by atoms with Gasteiger partial charge in [0.1, 0.15) is 17.5 Å². The molecule has 5 heteroatoms. The van der Waals surface area contributed by atoms with Crippen molar-refractivity contribution < 1.29 is 19.1 Å². The first-order valence-electron chi connectivity index (χ1n) is 6.27. The van der Waals surface area contributed by atoms with E-state index >= 15 is 0 Å². The molecular formula is C15H21NO4. The lowest BCUT2D eigenvalue weighted by Crippen LogP contribution is -2.33. The summed E-state index contributed by atoms with van der Waals surface area (Å²) >= 11 is 0. The van der Waals surface area contributed by atoms with Crippen LogP contribution < -0.4 is 10.2 Å². The summed E-state index contributed by atoms with van der Waals surface area (Å²) < 4.78 is 10.2. The molecule has 1 rings (SSSR count). The van der Waals surface area contributed by atoms with Gasteiger partial charge in [-0.05, 0) is 38.5 Å². The first kappa shape index (κ1) is 16.0. The predicted molar refractivity (Wildman–Crippen MR) is 76.4 cm³/mol. The van der Waals surface area contributed by atoms with Crippen LogP contribution in [0.4, 0.5) is 4.79 Å². The Morgan fingerprint density at radius 2 is 1.90 bits per heavy atom. The molecular weight excluding hydrogens is 258 g/mol. The normalized spacial score (nSPS) is 12.4. The van der Waals surface area contributed by atoms with Gasteiger partial charge in [0.15, 0.2) is 0 Å². The minimum Gasteiger partial charge on any atom is -0.497 e. The van der Waals surface area contributed by atoms with Crippen LogP contribution in [0, 0.1) is 0 Å². The second kappa shape index (κ2) is 6.96. The molecule has 0 aliphatic heterocycles. The SMILES string of the molecule is C=CC(ONC(=O)OC(C)(C)C)c1ccc(OC)cc1. The zero-order chi connectivity index (χ0) is 15.2. The maximum absolute atomic E-state index is 11.5. The summed E-state index contributed by atoms with van der Waals surface area (Å²) in [6.45, 7) is 9.02. The van der Waals surface area contributed by atoms with Crippen LogP contribution in [-0.4, -0.2) is 18.8 Å². The van der Waals surface area contributed by atoms with Gasteiger partial charge in [-0.2, -0.15) is 5.48 Å². The summed E-state index contributed by atoms with van der Waals surface area (Å²) in [4.78, 5) is 16.8. The van der Waals surface area contributed by atoms with E-state index in [9.17, 15) is 4.79 Å². The quantitative estimate of drug-likeness (QED) is 0.663. The second-order valence-electron chi connectivity index (χ2n) is 5.15. The van der Waals surface area contributed by atoms with Crippen molar-refractivity contribution in [2.24, 2.45) is 0 Å². The summed E-state index contributed by atoms with van der Waals surface area (Å²) in [5.41, 5.74) is 2.53. The molecule has 0 radical (unpaired) electrons. The lowest BCUT2D eigenvalue weighted by Gasteiger charge is -2.21. The van der Waals surface area contributed by atoms with Crippen LogP contribution in [0.2, 0.25) is 0 Å². The van der Waals surface area contributed by atoms with E-state index in [-0.39, 0.29) is 0 Å². The number of amides is 1. The van der Waals surface area contributed by atoms with Gasteiger partial charge in [-0.15, -0.1) is 6.58 Å². The Morgan fingerprint density at radius 3 is 2.35 bits per heavy atom. The van der Waals surface area contributed by atoms with Crippen molar-refractivity contribution >= 4 is 6.09 Å². The Morgan fingerprint density at radius 1 is 1.30 bits per heavy atom. The summed E-state index contributed by atoms with van der Waals surface area (Å²) in [5, 5.41) is 0. The molecule has 0 heterocycles. The third-order valence-corrected chi connectivity index (χ3v) is 2.33. The van der Waals surface area contributed by atoms with E-state index < -0.39 is 17.8 Å². The van der Waals surface area contributed by atoms with Crippen LogP contribution >= 0.6 is 0 Å². The smallest absolute Gasteiger partial charge is 0.431 e. The number of ether oxygens (including phenoxy) is 2. The maximum atomic E-state index is 11.5. The van der Waals surface area contributed by atoms with Crippen molar-refractivity contribution in [1.29, 1.82) is 0 Å². The average Bonchev–Trinajstić information content (AvgIpc) is 2.38. The standard InChI is InChI=1S/C15H21NO4/c1-6-13(11-7-9-12(18-5)10-8-11)20-16-14(17)19-15(2,3)4/h6-10,13H,1H2,2-5H3,(H,16,17). The van der Waals surface area contributed by atoms with Gasteiger partial charge in [-0.25, -0.2) is 4.79 Å². The predicted octanol–water partition coefficient (Wildman–Crippen LogP) is 3.38. The van der Waals surface area contributed by atoms with Crippen molar-refractivity contribution in [1.82, 2.24) is 5.48 Å². The second-order valence-corrected chi connectivity index (χ2v) is 5.15. The fourth-order valence-corrected chi connectivity index (χ4v) is 1.46. The Bertz CT molecular complexity index is 448. The van der Waals surface area contributed by atoms with Crippen LogP contribution in [0.1, 0.15) is 32.4 Å². The molecule has 20 heavy (non-hydrogen) atoms. The first-order chi connectivity index (χ1) is 9.35. The number of nitrogens with one attached hydrogen (secondary N) is 1. The fraction of sp³-hybridized carbons (Fsp3) is 0.400. The van der Waals surface area contributed by atoms with Crippen molar-refractivity contribution in [3.63, 3.8) is 0 Å². The number of hydroxylamine groups is 1. The molecule has 110 valence electrons. The highest BCUT2D eigenvalue weighted by Gasteiger charge is 2.17. The monoisotopic (exact) mass is 279 g/mol. The molecule has 1 unspecified atom stereocenters. The number of methoxy groups -OCH3 is 1.